The molecule has 1 N–H and O–H groups in total. The predicted molar refractivity (Wildman–Crippen MR) is 98.0 cm³/mol. The Balaban J connectivity index is 1.63. The highest BCUT2D eigenvalue weighted by Crippen LogP contribution is 2.21. The van der Waals surface area contributed by atoms with E-state index in [1.165, 1.54) is 17.4 Å². The quantitative estimate of drug-likeness (QED) is 0.556. The van der Waals surface area contributed by atoms with Crippen molar-refractivity contribution in [1.82, 2.24) is 10.4 Å². The van der Waals surface area contributed by atoms with Crippen LogP contribution in [-0.4, -0.2) is 16.6 Å². The van der Waals surface area contributed by atoms with Crippen LogP contribution in [0.3, 0.4) is 0 Å². The van der Waals surface area contributed by atoms with E-state index in [0.29, 0.717) is 16.3 Å². The van der Waals surface area contributed by atoms with E-state index in [1.54, 1.807) is 25.1 Å². The van der Waals surface area contributed by atoms with Crippen molar-refractivity contribution in [2.45, 2.75) is 13.3 Å². The van der Waals surface area contributed by atoms with Gasteiger partial charge in [-0.1, -0.05) is 48.5 Å². The Labute approximate surface area is 149 Å². The lowest BCUT2D eigenvalue weighted by atomic mass is 10.1. The molecule has 0 radical (unpaired) electrons. The lowest BCUT2D eigenvalue weighted by molar-refractivity contribution is -0.120. The van der Waals surface area contributed by atoms with Crippen molar-refractivity contribution in [2.75, 3.05) is 0 Å². The van der Waals surface area contributed by atoms with Gasteiger partial charge in [-0.05, 0) is 13.0 Å². The number of rotatable bonds is 5. The minimum absolute atomic E-state index is 0.131. The molecule has 0 saturated carbocycles. The molecular formula is C19H16FN3OS. The number of hydrogen-bond acceptors (Lipinski definition) is 4. The summed E-state index contributed by atoms with van der Waals surface area (Å²) in [6.07, 6.45) is 0.131. The number of hydrazone groups is 1. The van der Waals surface area contributed by atoms with E-state index in [1.807, 2.05) is 35.7 Å². The van der Waals surface area contributed by atoms with Crippen LogP contribution in [0.1, 0.15) is 17.5 Å². The van der Waals surface area contributed by atoms with Gasteiger partial charge in [0, 0.05) is 16.5 Å². The van der Waals surface area contributed by atoms with E-state index < -0.39 is 0 Å². The van der Waals surface area contributed by atoms with Crippen molar-refractivity contribution in [3.05, 3.63) is 76.4 Å². The van der Waals surface area contributed by atoms with E-state index in [-0.39, 0.29) is 18.1 Å². The van der Waals surface area contributed by atoms with E-state index in [9.17, 15) is 9.18 Å². The lowest BCUT2D eigenvalue weighted by Crippen LogP contribution is -2.21. The second kappa shape index (κ2) is 7.81. The molecule has 126 valence electrons. The topological polar surface area (TPSA) is 54.4 Å². The Bertz CT molecular complexity index is 906. The van der Waals surface area contributed by atoms with Gasteiger partial charge in [-0.2, -0.15) is 5.10 Å². The molecule has 0 bridgehead atoms. The smallest absolute Gasteiger partial charge is 0.246 e. The van der Waals surface area contributed by atoms with Gasteiger partial charge in [-0.25, -0.2) is 14.8 Å². The number of hydrogen-bond donors (Lipinski definition) is 1. The molecule has 6 heteroatoms. The molecule has 0 fully saturated rings. The first-order valence-electron chi connectivity index (χ1n) is 7.71. The van der Waals surface area contributed by atoms with Gasteiger partial charge < -0.3 is 0 Å². The SMILES string of the molecule is C/C(=N/NC(=O)Cc1nc(-c2ccccc2)cs1)c1ccccc1F. The number of benzene rings is 2. The number of amides is 1. The molecule has 0 aliphatic heterocycles. The largest absolute Gasteiger partial charge is 0.273 e. The van der Waals surface area contributed by atoms with Gasteiger partial charge in [0.1, 0.15) is 10.8 Å². The zero-order valence-corrected chi connectivity index (χ0v) is 14.4. The summed E-state index contributed by atoms with van der Waals surface area (Å²) in [5.74, 6) is -0.657. The van der Waals surface area contributed by atoms with Gasteiger partial charge in [0.2, 0.25) is 5.91 Å². The molecule has 3 aromatic rings. The fraction of sp³-hybridized carbons (Fsp3) is 0.105. The first-order valence-corrected chi connectivity index (χ1v) is 8.59. The van der Waals surface area contributed by atoms with Crippen LogP contribution < -0.4 is 5.43 Å². The average Bonchev–Trinajstić information content (AvgIpc) is 3.09. The van der Waals surface area contributed by atoms with Crippen molar-refractivity contribution in [3.63, 3.8) is 0 Å². The zero-order valence-electron chi connectivity index (χ0n) is 13.6. The molecule has 25 heavy (non-hydrogen) atoms. The van der Waals surface area contributed by atoms with Crippen LogP contribution in [0.5, 0.6) is 0 Å². The summed E-state index contributed by atoms with van der Waals surface area (Å²) in [5.41, 5.74) is 5.09. The molecule has 3 rings (SSSR count). The molecule has 1 amide bonds. The number of halogens is 1. The van der Waals surface area contributed by atoms with Crippen molar-refractivity contribution >= 4 is 23.0 Å². The molecule has 2 aromatic carbocycles. The summed E-state index contributed by atoms with van der Waals surface area (Å²) in [7, 11) is 0. The van der Waals surface area contributed by atoms with Crippen LogP contribution in [0.2, 0.25) is 0 Å². The third-order valence-corrected chi connectivity index (χ3v) is 4.39. The number of nitrogens with zero attached hydrogens (tertiary/aromatic N) is 2. The maximum atomic E-state index is 13.7. The van der Waals surface area contributed by atoms with Crippen molar-refractivity contribution < 1.29 is 9.18 Å². The van der Waals surface area contributed by atoms with Crippen LogP contribution in [-0.2, 0) is 11.2 Å². The molecule has 1 heterocycles. The van der Waals surface area contributed by atoms with Gasteiger partial charge in [0.15, 0.2) is 0 Å². The Morgan fingerprint density at radius 3 is 2.64 bits per heavy atom. The Hall–Kier alpha value is -2.86. The summed E-state index contributed by atoms with van der Waals surface area (Å²) in [6.45, 7) is 1.65. The Morgan fingerprint density at radius 1 is 1.16 bits per heavy atom. The lowest BCUT2D eigenvalue weighted by Gasteiger charge is -2.03. The number of carbonyl (C=O) groups is 1. The van der Waals surface area contributed by atoms with Crippen molar-refractivity contribution in [3.8, 4) is 11.3 Å². The minimum Gasteiger partial charge on any atom is -0.273 e. The van der Waals surface area contributed by atoms with E-state index in [2.05, 4.69) is 15.5 Å². The van der Waals surface area contributed by atoms with Crippen LogP contribution in [0, 0.1) is 5.82 Å². The first-order chi connectivity index (χ1) is 12.1. The molecule has 0 saturated heterocycles. The van der Waals surface area contributed by atoms with Gasteiger partial charge in [0.05, 0.1) is 17.8 Å². The Kier molecular flexibility index (Phi) is 5.30. The molecule has 0 aliphatic rings. The summed E-state index contributed by atoms with van der Waals surface area (Å²) in [4.78, 5) is 16.5. The number of thiazole rings is 1. The molecule has 0 unspecified atom stereocenters. The molecule has 0 atom stereocenters. The summed E-state index contributed by atoms with van der Waals surface area (Å²) >= 11 is 1.43. The highest BCUT2D eigenvalue weighted by molar-refractivity contribution is 7.10. The molecule has 4 nitrogen and oxygen atoms in total. The van der Waals surface area contributed by atoms with E-state index in [4.69, 9.17) is 0 Å². The van der Waals surface area contributed by atoms with E-state index >= 15 is 0 Å². The predicted octanol–water partition coefficient (Wildman–Crippen LogP) is 4.03. The van der Waals surface area contributed by atoms with E-state index in [0.717, 1.165) is 11.3 Å². The number of carbonyl (C=O) groups excluding carboxylic acids is 1. The summed E-state index contributed by atoms with van der Waals surface area (Å²) in [5, 5.41) is 6.60. The maximum absolute atomic E-state index is 13.7. The van der Waals surface area contributed by atoms with Crippen LogP contribution in [0.15, 0.2) is 65.1 Å². The van der Waals surface area contributed by atoms with Crippen molar-refractivity contribution in [1.29, 1.82) is 0 Å². The monoisotopic (exact) mass is 353 g/mol. The standard InChI is InChI=1S/C19H16FN3OS/c1-13(15-9-5-6-10-16(15)20)22-23-18(24)11-19-21-17(12-25-19)14-7-3-2-4-8-14/h2-10,12H,11H2,1H3,(H,23,24)/b22-13-. The molecular weight excluding hydrogens is 337 g/mol. The number of aromatic nitrogens is 1. The Morgan fingerprint density at radius 2 is 1.88 bits per heavy atom. The fourth-order valence-corrected chi connectivity index (χ4v) is 3.07. The van der Waals surface area contributed by atoms with Gasteiger partial charge in [0.25, 0.3) is 0 Å². The molecule has 0 spiro atoms. The van der Waals surface area contributed by atoms with Gasteiger partial charge >= 0.3 is 0 Å². The highest BCUT2D eigenvalue weighted by atomic mass is 32.1. The molecule has 0 aliphatic carbocycles. The normalized spacial score (nSPS) is 11.4. The van der Waals surface area contributed by atoms with Crippen LogP contribution >= 0.6 is 11.3 Å². The highest BCUT2D eigenvalue weighted by Gasteiger charge is 2.09. The first kappa shape index (κ1) is 17.0. The van der Waals surface area contributed by atoms with Gasteiger partial charge in [-0.3, -0.25) is 4.79 Å². The number of nitrogens with one attached hydrogen (secondary N) is 1. The average molecular weight is 353 g/mol. The maximum Gasteiger partial charge on any atom is 0.246 e. The third kappa shape index (κ3) is 4.36. The van der Waals surface area contributed by atoms with Crippen LogP contribution in [0.4, 0.5) is 4.39 Å². The second-order valence-electron chi connectivity index (χ2n) is 5.38. The summed E-state index contributed by atoms with van der Waals surface area (Å²) in [6, 6.07) is 16.1. The zero-order chi connectivity index (χ0) is 17.6. The third-order valence-electron chi connectivity index (χ3n) is 3.55. The fourth-order valence-electron chi connectivity index (χ4n) is 2.27. The minimum atomic E-state index is -0.370. The van der Waals surface area contributed by atoms with Crippen molar-refractivity contribution in [2.24, 2.45) is 5.10 Å². The second-order valence-corrected chi connectivity index (χ2v) is 6.32. The molecule has 1 aromatic heterocycles. The van der Waals surface area contributed by atoms with Crippen LogP contribution in [0.25, 0.3) is 11.3 Å². The summed E-state index contributed by atoms with van der Waals surface area (Å²) < 4.78 is 13.7. The van der Waals surface area contributed by atoms with Gasteiger partial charge in [-0.15, -0.1) is 11.3 Å².